The van der Waals surface area contributed by atoms with E-state index < -0.39 is 0 Å². The Bertz CT molecular complexity index is 1250. The zero-order valence-electron chi connectivity index (χ0n) is 20.1. The smallest absolute Gasteiger partial charge is 0.224 e. The average molecular weight is 474 g/mol. The number of fused-ring (bicyclic) bond motifs is 1. The fourth-order valence-corrected chi connectivity index (χ4v) is 4.24. The van der Waals surface area contributed by atoms with E-state index in [9.17, 15) is 4.79 Å². The van der Waals surface area contributed by atoms with Gasteiger partial charge in [-0.2, -0.15) is 0 Å². The van der Waals surface area contributed by atoms with E-state index in [2.05, 4.69) is 73.1 Å². The Morgan fingerprint density at radius 2 is 1.62 bits per heavy atom. The number of para-hydroxylation sites is 2. The Labute approximate surface area is 207 Å². The van der Waals surface area contributed by atoms with E-state index in [1.54, 1.807) is 0 Å². The molecule has 34 heavy (non-hydrogen) atoms. The maximum atomic E-state index is 12.3. The van der Waals surface area contributed by atoms with Crippen LogP contribution in [0.1, 0.15) is 49.7 Å². The number of carbonyl (C=O) groups excluding carboxylic acids is 1. The summed E-state index contributed by atoms with van der Waals surface area (Å²) >= 11 is 5.92. The Hall–Kier alpha value is -3.11. The maximum Gasteiger partial charge on any atom is 0.224 e. The van der Waals surface area contributed by atoms with E-state index in [0.717, 1.165) is 41.8 Å². The third kappa shape index (κ3) is 6.06. The first kappa shape index (κ1) is 24.0. The molecule has 1 N–H and O–H groups in total. The summed E-state index contributed by atoms with van der Waals surface area (Å²) in [5.74, 6) is 1.07. The van der Waals surface area contributed by atoms with Gasteiger partial charge in [0.05, 0.1) is 17.5 Å². The highest BCUT2D eigenvalue weighted by molar-refractivity contribution is 6.30. The summed E-state index contributed by atoms with van der Waals surface area (Å²) in [5, 5.41) is 3.71. The first-order valence-electron chi connectivity index (χ1n) is 11.8. The van der Waals surface area contributed by atoms with Crippen LogP contribution in [0.2, 0.25) is 5.02 Å². The number of nitrogens with one attached hydrogen (secondary N) is 1. The van der Waals surface area contributed by atoms with Crippen LogP contribution in [-0.4, -0.2) is 22.0 Å². The third-order valence-corrected chi connectivity index (χ3v) is 6.32. The molecule has 3 aromatic carbocycles. The second kappa shape index (κ2) is 10.4. The quantitative estimate of drug-likeness (QED) is 0.304. The van der Waals surface area contributed by atoms with Gasteiger partial charge in [-0.3, -0.25) is 4.79 Å². The lowest BCUT2D eigenvalue weighted by molar-refractivity contribution is -0.120. The van der Waals surface area contributed by atoms with Crippen LogP contribution in [0, 0.1) is 0 Å². The Morgan fingerprint density at radius 3 is 2.32 bits per heavy atom. The summed E-state index contributed by atoms with van der Waals surface area (Å²) in [6, 6.07) is 24.6. The molecule has 0 aliphatic heterocycles. The molecule has 0 fully saturated rings. The van der Waals surface area contributed by atoms with Gasteiger partial charge in [-0.15, -0.1) is 0 Å². The van der Waals surface area contributed by atoms with Crippen LogP contribution in [0.5, 0.6) is 0 Å². The molecule has 0 unspecified atom stereocenters. The lowest BCUT2D eigenvalue weighted by Gasteiger charge is -2.19. The largest absolute Gasteiger partial charge is 0.356 e. The van der Waals surface area contributed by atoms with Gasteiger partial charge in [0.15, 0.2) is 0 Å². The minimum absolute atomic E-state index is 0.0229. The summed E-state index contributed by atoms with van der Waals surface area (Å²) in [5.41, 5.74) is 5.85. The molecule has 0 bridgehead atoms. The van der Waals surface area contributed by atoms with E-state index in [4.69, 9.17) is 16.6 Å². The fraction of sp³-hybridized carbons (Fsp3) is 0.310. The number of hydrogen-bond acceptors (Lipinski definition) is 2. The number of rotatable bonds is 8. The molecule has 1 amide bonds. The van der Waals surface area contributed by atoms with Crippen molar-refractivity contribution in [1.29, 1.82) is 0 Å². The van der Waals surface area contributed by atoms with Crippen LogP contribution < -0.4 is 5.32 Å². The van der Waals surface area contributed by atoms with Crippen molar-refractivity contribution in [2.45, 2.75) is 52.0 Å². The number of amides is 1. The molecule has 1 aromatic heterocycles. The van der Waals surface area contributed by atoms with Crippen molar-refractivity contribution in [3.05, 3.63) is 100 Å². The average Bonchev–Trinajstić information content (AvgIpc) is 3.15. The molecule has 0 aliphatic rings. The van der Waals surface area contributed by atoms with E-state index in [1.807, 2.05) is 30.3 Å². The highest BCUT2D eigenvalue weighted by Crippen LogP contribution is 2.24. The zero-order chi connectivity index (χ0) is 24.1. The highest BCUT2D eigenvalue weighted by Gasteiger charge is 2.14. The normalized spacial score (nSPS) is 11.6. The van der Waals surface area contributed by atoms with Crippen LogP contribution in [0.25, 0.3) is 11.0 Å². The van der Waals surface area contributed by atoms with Crippen LogP contribution in [0.15, 0.2) is 72.8 Å². The van der Waals surface area contributed by atoms with Crippen molar-refractivity contribution in [2.75, 3.05) is 6.54 Å². The van der Waals surface area contributed by atoms with Crippen molar-refractivity contribution in [1.82, 2.24) is 14.9 Å². The number of aryl methyl sites for hydroxylation is 1. The molecule has 5 heteroatoms. The number of halogens is 1. The number of hydrogen-bond donors (Lipinski definition) is 1. The SMILES string of the molecule is CC(C)(C)c1ccc(Cn2c(CCCNC(=O)Cc3ccc(Cl)cc3)nc3ccccc32)cc1. The number of carbonyl (C=O) groups is 1. The molecule has 0 saturated heterocycles. The van der Waals surface area contributed by atoms with Crippen LogP contribution in [-0.2, 0) is 29.6 Å². The van der Waals surface area contributed by atoms with E-state index in [-0.39, 0.29) is 11.3 Å². The van der Waals surface area contributed by atoms with Crippen molar-refractivity contribution in [2.24, 2.45) is 0 Å². The Morgan fingerprint density at radius 1 is 0.941 bits per heavy atom. The second-order valence-electron chi connectivity index (χ2n) is 9.81. The molecule has 0 radical (unpaired) electrons. The molecule has 4 aromatic rings. The summed E-state index contributed by atoms with van der Waals surface area (Å²) in [6.45, 7) is 8.10. The van der Waals surface area contributed by atoms with Crippen LogP contribution >= 0.6 is 11.6 Å². The molecule has 176 valence electrons. The standard InChI is InChI=1S/C29H32ClN3O/c1-29(2,3)23-14-10-22(11-15-23)20-33-26-8-5-4-7-25(26)32-27(33)9-6-18-31-28(34)19-21-12-16-24(30)17-13-21/h4-5,7-8,10-17H,6,9,18-20H2,1-3H3,(H,31,34). The molecule has 4 rings (SSSR count). The lowest BCUT2D eigenvalue weighted by Crippen LogP contribution is -2.26. The topological polar surface area (TPSA) is 46.9 Å². The number of nitrogens with zero attached hydrogens (tertiary/aromatic N) is 2. The number of imidazole rings is 1. The Balaban J connectivity index is 1.40. The van der Waals surface area contributed by atoms with E-state index in [0.29, 0.717) is 18.0 Å². The second-order valence-corrected chi connectivity index (χ2v) is 10.2. The molecule has 1 heterocycles. The summed E-state index contributed by atoms with van der Waals surface area (Å²) in [4.78, 5) is 17.2. The third-order valence-electron chi connectivity index (χ3n) is 6.07. The molecule has 4 nitrogen and oxygen atoms in total. The first-order valence-corrected chi connectivity index (χ1v) is 12.2. The van der Waals surface area contributed by atoms with Crippen molar-refractivity contribution in [3.8, 4) is 0 Å². The molecule has 0 spiro atoms. The highest BCUT2D eigenvalue weighted by atomic mass is 35.5. The monoisotopic (exact) mass is 473 g/mol. The number of benzene rings is 3. The van der Waals surface area contributed by atoms with Gasteiger partial charge < -0.3 is 9.88 Å². The fourth-order valence-electron chi connectivity index (χ4n) is 4.11. The zero-order valence-corrected chi connectivity index (χ0v) is 20.9. The van der Waals surface area contributed by atoms with Gasteiger partial charge >= 0.3 is 0 Å². The molecule has 0 saturated carbocycles. The first-order chi connectivity index (χ1) is 16.3. The van der Waals surface area contributed by atoms with Crippen molar-refractivity contribution >= 4 is 28.5 Å². The van der Waals surface area contributed by atoms with Gasteiger partial charge in [0, 0.05) is 24.5 Å². The van der Waals surface area contributed by atoms with Gasteiger partial charge in [-0.1, -0.05) is 80.9 Å². The van der Waals surface area contributed by atoms with Gasteiger partial charge in [0.25, 0.3) is 0 Å². The van der Waals surface area contributed by atoms with Gasteiger partial charge in [-0.25, -0.2) is 4.98 Å². The van der Waals surface area contributed by atoms with Gasteiger partial charge in [0.1, 0.15) is 5.82 Å². The minimum Gasteiger partial charge on any atom is -0.356 e. The lowest BCUT2D eigenvalue weighted by atomic mass is 9.87. The minimum atomic E-state index is 0.0229. The van der Waals surface area contributed by atoms with Gasteiger partial charge in [-0.05, 0) is 52.8 Å². The predicted molar refractivity (Wildman–Crippen MR) is 140 cm³/mol. The molecular weight excluding hydrogens is 442 g/mol. The molecule has 0 aliphatic carbocycles. The maximum absolute atomic E-state index is 12.3. The summed E-state index contributed by atoms with van der Waals surface area (Å²) in [7, 11) is 0. The summed E-state index contributed by atoms with van der Waals surface area (Å²) in [6.07, 6.45) is 1.99. The van der Waals surface area contributed by atoms with Crippen LogP contribution in [0.4, 0.5) is 0 Å². The van der Waals surface area contributed by atoms with E-state index in [1.165, 1.54) is 11.1 Å². The summed E-state index contributed by atoms with van der Waals surface area (Å²) < 4.78 is 2.30. The number of aromatic nitrogens is 2. The van der Waals surface area contributed by atoms with Gasteiger partial charge in [0.2, 0.25) is 5.91 Å². The van der Waals surface area contributed by atoms with Crippen molar-refractivity contribution < 1.29 is 4.79 Å². The van der Waals surface area contributed by atoms with E-state index >= 15 is 0 Å². The Kier molecular flexibility index (Phi) is 7.38. The van der Waals surface area contributed by atoms with Crippen LogP contribution in [0.3, 0.4) is 0 Å². The molecular formula is C29H32ClN3O. The predicted octanol–water partition coefficient (Wildman–Crippen LogP) is 6.33. The molecule has 0 atom stereocenters. The van der Waals surface area contributed by atoms with Crippen molar-refractivity contribution in [3.63, 3.8) is 0 Å².